The number of hydrogen-bond acceptors (Lipinski definition) is 3. The molecule has 0 radical (unpaired) electrons. The van der Waals surface area contributed by atoms with Gasteiger partial charge in [0.25, 0.3) is 0 Å². The van der Waals surface area contributed by atoms with Crippen LogP contribution in [0.15, 0.2) is 39.2 Å². The molecule has 1 heterocycles. The van der Waals surface area contributed by atoms with E-state index in [-0.39, 0.29) is 0 Å². The molecule has 0 aliphatic rings. The summed E-state index contributed by atoms with van der Waals surface area (Å²) in [6.07, 6.45) is 0. The molecule has 1 N–H and O–H groups in total. The first-order valence-corrected chi connectivity index (χ1v) is 7.03. The standard InChI is InChI=1S/C15H18BrNO2/c1-11-13(7-15(19-11)8-17-2)10-18-9-12-4-3-5-14(16)6-12/h3-7,17H,8-10H2,1-2H3. The van der Waals surface area contributed by atoms with Crippen molar-refractivity contribution in [3.05, 3.63) is 57.5 Å². The molecule has 0 amide bonds. The third-order valence-electron chi connectivity index (χ3n) is 2.84. The van der Waals surface area contributed by atoms with Crippen molar-refractivity contribution < 1.29 is 9.15 Å². The second-order valence-corrected chi connectivity index (χ2v) is 5.36. The summed E-state index contributed by atoms with van der Waals surface area (Å²) in [7, 11) is 1.90. The third kappa shape index (κ3) is 4.20. The lowest BCUT2D eigenvalue weighted by atomic mass is 10.2. The van der Waals surface area contributed by atoms with Gasteiger partial charge in [0, 0.05) is 10.0 Å². The molecular weight excluding hydrogens is 306 g/mol. The Morgan fingerprint density at radius 1 is 1.26 bits per heavy atom. The molecule has 0 atom stereocenters. The van der Waals surface area contributed by atoms with Gasteiger partial charge in [-0.15, -0.1) is 0 Å². The van der Waals surface area contributed by atoms with E-state index in [1.807, 2.05) is 32.2 Å². The number of benzene rings is 1. The Morgan fingerprint density at radius 2 is 2.11 bits per heavy atom. The largest absolute Gasteiger partial charge is 0.465 e. The predicted octanol–water partition coefficient (Wildman–Crippen LogP) is 3.79. The van der Waals surface area contributed by atoms with Gasteiger partial charge < -0.3 is 14.5 Å². The first-order chi connectivity index (χ1) is 9.19. The van der Waals surface area contributed by atoms with Crippen LogP contribution in [0.25, 0.3) is 0 Å². The molecule has 0 aliphatic carbocycles. The van der Waals surface area contributed by atoms with Crippen molar-refractivity contribution >= 4 is 15.9 Å². The van der Waals surface area contributed by atoms with Gasteiger partial charge in [-0.2, -0.15) is 0 Å². The van der Waals surface area contributed by atoms with E-state index in [4.69, 9.17) is 9.15 Å². The maximum atomic E-state index is 5.73. The highest BCUT2D eigenvalue weighted by molar-refractivity contribution is 9.10. The number of ether oxygens (including phenoxy) is 1. The quantitative estimate of drug-likeness (QED) is 0.878. The number of nitrogens with one attached hydrogen (secondary N) is 1. The van der Waals surface area contributed by atoms with Gasteiger partial charge in [-0.3, -0.25) is 0 Å². The lowest BCUT2D eigenvalue weighted by molar-refractivity contribution is 0.106. The van der Waals surface area contributed by atoms with Gasteiger partial charge in [0.1, 0.15) is 11.5 Å². The lowest BCUT2D eigenvalue weighted by Crippen LogP contribution is -2.03. The van der Waals surface area contributed by atoms with E-state index in [1.165, 1.54) is 0 Å². The second-order valence-electron chi connectivity index (χ2n) is 4.45. The third-order valence-corrected chi connectivity index (χ3v) is 3.33. The summed E-state index contributed by atoms with van der Waals surface area (Å²) in [5.74, 6) is 1.88. The van der Waals surface area contributed by atoms with E-state index in [1.54, 1.807) is 0 Å². The van der Waals surface area contributed by atoms with Gasteiger partial charge in [-0.05, 0) is 37.7 Å². The minimum Gasteiger partial charge on any atom is -0.465 e. The Morgan fingerprint density at radius 3 is 2.84 bits per heavy atom. The van der Waals surface area contributed by atoms with Crippen LogP contribution >= 0.6 is 15.9 Å². The summed E-state index contributed by atoms with van der Waals surface area (Å²) in [5, 5.41) is 3.07. The summed E-state index contributed by atoms with van der Waals surface area (Å²) in [6.45, 7) is 3.89. The molecule has 1 aromatic carbocycles. The fraction of sp³-hybridized carbons (Fsp3) is 0.333. The lowest BCUT2D eigenvalue weighted by Gasteiger charge is -2.04. The fourth-order valence-corrected chi connectivity index (χ4v) is 2.34. The van der Waals surface area contributed by atoms with Crippen molar-refractivity contribution in [1.29, 1.82) is 0 Å². The van der Waals surface area contributed by atoms with Crippen molar-refractivity contribution in [1.82, 2.24) is 5.32 Å². The smallest absolute Gasteiger partial charge is 0.118 e. The monoisotopic (exact) mass is 323 g/mol. The summed E-state index contributed by atoms with van der Waals surface area (Å²) >= 11 is 3.45. The maximum Gasteiger partial charge on any atom is 0.118 e. The number of rotatable bonds is 6. The zero-order valence-electron chi connectivity index (χ0n) is 11.2. The molecule has 19 heavy (non-hydrogen) atoms. The Kier molecular flexibility index (Phi) is 5.19. The van der Waals surface area contributed by atoms with Gasteiger partial charge in [0.2, 0.25) is 0 Å². The van der Waals surface area contributed by atoms with E-state index in [0.717, 1.165) is 33.7 Å². The van der Waals surface area contributed by atoms with Crippen LogP contribution in [0.4, 0.5) is 0 Å². The SMILES string of the molecule is CNCc1cc(COCc2cccc(Br)c2)c(C)o1. The van der Waals surface area contributed by atoms with E-state index in [9.17, 15) is 0 Å². The Labute approximate surface area is 122 Å². The number of furan rings is 1. The van der Waals surface area contributed by atoms with Gasteiger partial charge in [-0.25, -0.2) is 0 Å². The Hall–Kier alpha value is -1.10. The Bertz CT molecular complexity index is 537. The molecule has 3 nitrogen and oxygen atoms in total. The number of hydrogen-bond donors (Lipinski definition) is 1. The molecule has 0 aliphatic heterocycles. The van der Waals surface area contributed by atoms with E-state index in [0.29, 0.717) is 13.2 Å². The minimum atomic E-state index is 0.575. The normalized spacial score (nSPS) is 10.9. The average molecular weight is 324 g/mol. The highest BCUT2D eigenvalue weighted by atomic mass is 79.9. The van der Waals surface area contributed by atoms with E-state index in [2.05, 4.69) is 33.4 Å². The zero-order chi connectivity index (χ0) is 13.7. The van der Waals surface area contributed by atoms with Crippen LogP contribution in [0.5, 0.6) is 0 Å². The van der Waals surface area contributed by atoms with Gasteiger partial charge in [0.05, 0.1) is 19.8 Å². The topological polar surface area (TPSA) is 34.4 Å². The Balaban J connectivity index is 1.88. The van der Waals surface area contributed by atoms with Crippen LogP contribution in [0, 0.1) is 6.92 Å². The van der Waals surface area contributed by atoms with E-state index >= 15 is 0 Å². The van der Waals surface area contributed by atoms with Gasteiger partial charge in [-0.1, -0.05) is 28.1 Å². The fourth-order valence-electron chi connectivity index (χ4n) is 1.90. The van der Waals surface area contributed by atoms with Crippen LogP contribution in [0.3, 0.4) is 0 Å². The minimum absolute atomic E-state index is 0.575. The summed E-state index contributed by atoms with van der Waals surface area (Å²) in [5.41, 5.74) is 2.27. The number of halogens is 1. The molecule has 2 rings (SSSR count). The van der Waals surface area contributed by atoms with Crippen LogP contribution < -0.4 is 5.32 Å². The van der Waals surface area contributed by atoms with Crippen molar-refractivity contribution in [2.45, 2.75) is 26.7 Å². The molecular formula is C15H18BrNO2. The molecule has 0 unspecified atom stereocenters. The summed E-state index contributed by atoms with van der Waals surface area (Å²) < 4.78 is 12.4. The highest BCUT2D eigenvalue weighted by Gasteiger charge is 2.07. The molecule has 0 bridgehead atoms. The van der Waals surface area contributed by atoms with Crippen molar-refractivity contribution in [3.8, 4) is 0 Å². The summed E-state index contributed by atoms with van der Waals surface area (Å²) in [4.78, 5) is 0. The molecule has 1 aromatic heterocycles. The molecule has 0 fully saturated rings. The number of aryl methyl sites for hydroxylation is 1. The molecule has 102 valence electrons. The van der Waals surface area contributed by atoms with Crippen molar-refractivity contribution in [2.75, 3.05) is 7.05 Å². The molecule has 2 aromatic rings. The van der Waals surface area contributed by atoms with Crippen molar-refractivity contribution in [3.63, 3.8) is 0 Å². The molecule has 0 spiro atoms. The summed E-state index contributed by atoms with van der Waals surface area (Å²) in [6, 6.07) is 10.2. The predicted molar refractivity (Wildman–Crippen MR) is 78.8 cm³/mol. The molecule has 4 heteroatoms. The van der Waals surface area contributed by atoms with E-state index < -0.39 is 0 Å². The second kappa shape index (κ2) is 6.89. The van der Waals surface area contributed by atoms with Crippen LogP contribution in [0.2, 0.25) is 0 Å². The zero-order valence-corrected chi connectivity index (χ0v) is 12.8. The highest BCUT2D eigenvalue weighted by Crippen LogP contribution is 2.17. The maximum absolute atomic E-state index is 5.73. The average Bonchev–Trinajstić information content (AvgIpc) is 2.71. The van der Waals surface area contributed by atoms with Crippen LogP contribution in [-0.4, -0.2) is 7.05 Å². The van der Waals surface area contributed by atoms with Gasteiger partial charge >= 0.3 is 0 Å². The van der Waals surface area contributed by atoms with Crippen LogP contribution in [-0.2, 0) is 24.5 Å². The molecule has 0 saturated heterocycles. The van der Waals surface area contributed by atoms with Gasteiger partial charge in [0.15, 0.2) is 0 Å². The first-order valence-electron chi connectivity index (χ1n) is 6.24. The first kappa shape index (κ1) is 14.3. The molecule has 0 saturated carbocycles. The van der Waals surface area contributed by atoms with Crippen LogP contribution in [0.1, 0.15) is 22.6 Å². The van der Waals surface area contributed by atoms with Crippen molar-refractivity contribution in [2.24, 2.45) is 0 Å².